The summed E-state index contributed by atoms with van der Waals surface area (Å²) < 4.78 is 16.3. The van der Waals surface area contributed by atoms with E-state index >= 15 is 0 Å². The Morgan fingerprint density at radius 3 is 2.53 bits per heavy atom. The molecule has 0 spiro atoms. The maximum Gasteiger partial charge on any atom is 0.336 e. The topological polar surface area (TPSA) is 64.3 Å². The third-order valence-corrected chi connectivity index (χ3v) is 6.29. The van der Waals surface area contributed by atoms with Crippen molar-refractivity contribution in [2.45, 2.75) is 26.9 Å². The number of nitrogens with zero attached hydrogens (tertiary/aromatic N) is 3. The van der Waals surface area contributed by atoms with Gasteiger partial charge >= 0.3 is 5.69 Å². The van der Waals surface area contributed by atoms with Crippen LogP contribution >= 0.6 is 11.3 Å². The first-order chi connectivity index (χ1) is 15.4. The van der Waals surface area contributed by atoms with Crippen molar-refractivity contribution in [2.75, 3.05) is 6.54 Å². The minimum absolute atomic E-state index is 0.201. The number of aromatic nitrogens is 2. The highest BCUT2D eigenvalue weighted by Gasteiger charge is 2.21. The Hall–Kier alpha value is -3.52. The first-order valence-electron chi connectivity index (χ1n) is 10.2. The third-order valence-electron chi connectivity index (χ3n) is 5.40. The summed E-state index contributed by atoms with van der Waals surface area (Å²) in [5, 5.41) is 1.72. The van der Waals surface area contributed by atoms with E-state index in [9.17, 15) is 18.8 Å². The van der Waals surface area contributed by atoms with Gasteiger partial charge in [0, 0.05) is 13.1 Å². The highest BCUT2D eigenvalue weighted by Crippen LogP contribution is 2.18. The Morgan fingerprint density at radius 2 is 1.84 bits per heavy atom. The highest BCUT2D eigenvalue weighted by atomic mass is 32.1. The second-order valence-corrected chi connectivity index (χ2v) is 8.38. The molecule has 2 aromatic heterocycles. The van der Waals surface area contributed by atoms with Crippen LogP contribution in [0, 0.1) is 12.7 Å². The van der Waals surface area contributed by atoms with E-state index in [1.54, 1.807) is 23.3 Å². The average molecular weight is 452 g/mol. The lowest BCUT2D eigenvalue weighted by Gasteiger charge is -2.22. The van der Waals surface area contributed by atoms with Crippen molar-refractivity contribution < 1.29 is 9.18 Å². The third kappa shape index (κ3) is 4.01. The zero-order valence-corrected chi connectivity index (χ0v) is 18.6. The number of fused-ring (bicyclic) bond motifs is 1. The Balaban J connectivity index is 1.79. The Labute approximate surface area is 187 Å². The minimum Gasteiger partial charge on any atom is -0.337 e. The number of benzene rings is 2. The van der Waals surface area contributed by atoms with E-state index in [-0.39, 0.29) is 12.5 Å². The molecule has 0 unspecified atom stereocenters. The number of amides is 1. The van der Waals surface area contributed by atoms with Crippen molar-refractivity contribution in [1.82, 2.24) is 14.0 Å². The van der Waals surface area contributed by atoms with E-state index in [2.05, 4.69) is 0 Å². The molecular weight excluding hydrogens is 429 g/mol. The van der Waals surface area contributed by atoms with E-state index in [1.807, 2.05) is 37.3 Å². The summed E-state index contributed by atoms with van der Waals surface area (Å²) in [6, 6.07) is 15.2. The predicted octanol–water partition coefficient (Wildman–Crippen LogP) is 3.71. The number of rotatable bonds is 6. The molecule has 0 N–H and O–H groups in total. The second kappa shape index (κ2) is 8.92. The van der Waals surface area contributed by atoms with Crippen LogP contribution in [0.1, 0.15) is 18.1 Å². The van der Waals surface area contributed by atoms with Gasteiger partial charge in [-0.2, -0.15) is 0 Å². The molecule has 0 bridgehead atoms. The van der Waals surface area contributed by atoms with Crippen molar-refractivity contribution in [3.63, 3.8) is 0 Å². The predicted molar refractivity (Wildman–Crippen MR) is 124 cm³/mol. The molecule has 32 heavy (non-hydrogen) atoms. The number of aryl methyl sites for hydroxylation is 1. The van der Waals surface area contributed by atoms with Gasteiger partial charge in [-0.1, -0.05) is 30.3 Å². The molecule has 0 radical (unpaired) electrons. The van der Waals surface area contributed by atoms with Gasteiger partial charge in [-0.3, -0.25) is 14.2 Å². The van der Waals surface area contributed by atoms with Gasteiger partial charge < -0.3 is 4.90 Å². The first kappa shape index (κ1) is 21.7. The van der Waals surface area contributed by atoms with Crippen LogP contribution in [0.4, 0.5) is 4.39 Å². The average Bonchev–Trinajstić information content (AvgIpc) is 3.27. The molecule has 4 rings (SSSR count). The van der Waals surface area contributed by atoms with Gasteiger partial charge in [0.05, 0.1) is 11.2 Å². The Kier molecular flexibility index (Phi) is 6.05. The lowest BCUT2D eigenvalue weighted by molar-refractivity contribution is -0.132. The first-order valence-corrected chi connectivity index (χ1v) is 11.1. The number of likely N-dealkylation sites (N-methyl/N-ethyl adjacent to an activating group) is 1. The van der Waals surface area contributed by atoms with Crippen molar-refractivity contribution >= 4 is 27.5 Å². The molecule has 4 aromatic rings. The zero-order chi connectivity index (χ0) is 22.8. The lowest BCUT2D eigenvalue weighted by Crippen LogP contribution is -2.42. The molecule has 0 fully saturated rings. The van der Waals surface area contributed by atoms with Gasteiger partial charge in [-0.15, -0.1) is 11.3 Å². The smallest absolute Gasteiger partial charge is 0.336 e. The van der Waals surface area contributed by atoms with Gasteiger partial charge in [-0.25, -0.2) is 13.8 Å². The molecule has 0 saturated carbocycles. The molecule has 0 atom stereocenters. The molecule has 6 nitrogen and oxygen atoms in total. The fraction of sp³-hybridized carbons (Fsp3) is 0.208. The number of hydrogen-bond donors (Lipinski definition) is 0. The molecule has 1 amide bonds. The molecule has 2 heterocycles. The van der Waals surface area contributed by atoms with E-state index in [0.29, 0.717) is 34.6 Å². The normalized spacial score (nSPS) is 11.1. The number of carbonyl (C=O) groups excluding carboxylic acids is 1. The maximum absolute atomic E-state index is 13.6. The Bertz CT molecular complexity index is 1410. The number of halogens is 1. The van der Waals surface area contributed by atoms with Crippen molar-refractivity contribution in [3.8, 4) is 5.69 Å². The highest BCUT2D eigenvalue weighted by molar-refractivity contribution is 7.17. The summed E-state index contributed by atoms with van der Waals surface area (Å²) in [7, 11) is 0. The minimum atomic E-state index is -0.625. The molecule has 0 aliphatic rings. The standard InChI is InChI=1S/C24H22FN3O3S/c1-3-26(14-17-7-5-4-6-8-17)21(29)15-27-20-11-12-32-22(20)23(30)28(24(27)31)19-10-9-18(25)13-16(19)2/h4-13H,3,14-15H2,1-2H3. The van der Waals surface area contributed by atoms with Crippen molar-refractivity contribution in [3.05, 3.63) is 97.8 Å². The summed E-state index contributed by atoms with van der Waals surface area (Å²) in [5.74, 6) is -0.682. The van der Waals surface area contributed by atoms with Gasteiger partial charge in [0.1, 0.15) is 17.1 Å². The Morgan fingerprint density at radius 1 is 1.09 bits per heavy atom. The van der Waals surface area contributed by atoms with Crippen LogP contribution < -0.4 is 11.2 Å². The number of hydrogen-bond acceptors (Lipinski definition) is 4. The van der Waals surface area contributed by atoms with Crippen LogP contribution in [-0.4, -0.2) is 26.5 Å². The van der Waals surface area contributed by atoms with Crippen LogP contribution in [-0.2, 0) is 17.9 Å². The van der Waals surface area contributed by atoms with E-state index < -0.39 is 17.1 Å². The molecule has 0 saturated heterocycles. The summed E-state index contributed by atoms with van der Waals surface area (Å²) in [6.07, 6.45) is 0. The van der Waals surface area contributed by atoms with Gasteiger partial charge in [0.15, 0.2) is 0 Å². The maximum atomic E-state index is 13.6. The van der Waals surface area contributed by atoms with Gasteiger partial charge in [0.25, 0.3) is 5.56 Å². The molecule has 8 heteroatoms. The fourth-order valence-corrected chi connectivity index (χ4v) is 4.56. The van der Waals surface area contributed by atoms with Gasteiger partial charge in [-0.05, 0) is 54.6 Å². The monoisotopic (exact) mass is 451 g/mol. The van der Waals surface area contributed by atoms with Crippen LogP contribution in [0.3, 0.4) is 0 Å². The molecular formula is C24H22FN3O3S. The summed E-state index contributed by atoms with van der Waals surface area (Å²) in [4.78, 5) is 41.3. The number of carbonyl (C=O) groups is 1. The van der Waals surface area contributed by atoms with Gasteiger partial charge in [0.2, 0.25) is 5.91 Å². The van der Waals surface area contributed by atoms with Crippen LogP contribution in [0.15, 0.2) is 69.6 Å². The van der Waals surface area contributed by atoms with Crippen LogP contribution in [0.5, 0.6) is 0 Å². The summed E-state index contributed by atoms with van der Waals surface area (Å²) in [5.41, 5.74) is 1.06. The van der Waals surface area contributed by atoms with E-state index in [1.165, 1.54) is 34.1 Å². The lowest BCUT2D eigenvalue weighted by atomic mass is 10.2. The second-order valence-electron chi connectivity index (χ2n) is 7.47. The van der Waals surface area contributed by atoms with Crippen LogP contribution in [0.25, 0.3) is 15.9 Å². The molecule has 164 valence electrons. The van der Waals surface area contributed by atoms with Crippen molar-refractivity contribution in [1.29, 1.82) is 0 Å². The van der Waals surface area contributed by atoms with Crippen molar-refractivity contribution in [2.24, 2.45) is 0 Å². The zero-order valence-electron chi connectivity index (χ0n) is 17.7. The van der Waals surface area contributed by atoms with Crippen LogP contribution in [0.2, 0.25) is 0 Å². The molecule has 2 aromatic carbocycles. The van der Waals surface area contributed by atoms with E-state index in [4.69, 9.17) is 0 Å². The fourth-order valence-electron chi connectivity index (χ4n) is 3.74. The quantitative estimate of drug-likeness (QED) is 0.449. The SMILES string of the molecule is CCN(Cc1ccccc1)C(=O)Cn1c(=O)n(-c2ccc(F)cc2C)c(=O)c2sccc21. The summed E-state index contributed by atoms with van der Waals surface area (Å²) >= 11 is 1.21. The number of thiophene rings is 1. The van der Waals surface area contributed by atoms with E-state index in [0.717, 1.165) is 10.1 Å². The molecule has 0 aliphatic carbocycles. The largest absolute Gasteiger partial charge is 0.337 e. The summed E-state index contributed by atoms with van der Waals surface area (Å²) in [6.45, 7) is 4.22. The molecule has 0 aliphatic heterocycles.